The summed E-state index contributed by atoms with van der Waals surface area (Å²) in [5.74, 6) is 1.54. The van der Waals surface area contributed by atoms with Crippen molar-refractivity contribution in [2.24, 2.45) is 0 Å². The van der Waals surface area contributed by atoms with Gasteiger partial charge in [-0.1, -0.05) is 25.3 Å². The van der Waals surface area contributed by atoms with Crippen LogP contribution in [0.3, 0.4) is 0 Å². The molecule has 2 aliphatic rings. The topological polar surface area (TPSA) is 46.8 Å². The smallest absolute Gasteiger partial charge is 0.275 e. The van der Waals surface area contributed by atoms with E-state index in [4.69, 9.17) is 9.72 Å². The maximum Gasteiger partial charge on any atom is 0.275 e. The molecule has 0 radical (unpaired) electrons. The minimum Gasteiger partial charge on any atom is -0.374 e. The Morgan fingerprint density at radius 2 is 2.00 bits per heavy atom. The van der Waals surface area contributed by atoms with Crippen molar-refractivity contribution in [1.29, 1.82) is 0 Å². The van der Waals surface area contributed by atoms with Crippen LogP contribution in [0, 0.1) is 0 Å². The number of fused-ring (bicyclic) bond motifs is 1. The molecule has 1 amide bonds. The molecule has 1 saturated carbocycles. The van der Waals surface area contributed by atoms with E-state index in [9.17, 15) is 4.79 Å². The van der Waals surface area contributed by atoms with Crippen LogP contribution in [0.2, 0.25) is 0 Å². The van der Waals surface area contributed by atoms with E-state index in [0.717, 1.165) is 11.3 Å². The molecular weight excluding hydrogens is 326 g/mol. The van der Waals surface area contributed by atoms with Crippen LogP contribution < -0.4 is 0 Å². The zero-order valence-electron chi connectivity index (χ0n) is 16.1. The second-order valence-electron chi connectivity index (χ2n) is 8.46. The molecule has 5 heteroatoms. The van der Waals surface area contributed by atoms with Crippen LogP contribution >= 0.6 is 0 Å². The van der Waals surface area contributed by atoms with E-state index in [2.05, 4.69) is 24.4 Å². The lowest BCUT2D eigenvalue weighted by Gasteiger charge is -2.44. The van der Waals surface area contributed by atoms with Crippen LogP contribution in [0.25, 0.3) is 5.52 Å². The summed E-state index contributed by atoms with van der Waals surface area (Å²) in [6.07, 6.45) is 8.26. The molecular formula is C21H29N3O2. The number of nitrogens with zero attached hydrogens (tertiary/aromatic N) is 3. The lowest BCUT2D eigenvalue weighted by atomic mass is 9.89. The average Bonchev–Trinajstić information content (AvgIpc) is 3.04. The van der Waals surface area contributed by atoms with Gasteiger partial charge in [0, 0.05) is 18.7 Å². The number of carbonyl (C=O) groups is 1. The summed E-state index contributed by atoms with van der Waals surface area (Å²) in [4.78, 5) is 20.3. The van der Waals surface area contributed by atoms with Gasteiger partial charge in [-0.3, -0.25) is 4.79 Å². The molecule has 26 heavy (non-hydrogen) atoms. The summed E-state index contributed by atoms with van der Waals surface area (Å²) >= 11 is 0. The number of pyridine rings is 1. The Morgan fingerprint density at radius 3 is 2.77 bits per heavy atom. The summed E-state index contributed by atoms with van der Waals surface area (Å²) in [7, 11) is 0. The highest BCUT2D eigenvalue weighted by molar-refractivity contribution is 5.99. The van der Waals surface area contributed by atoms with Crippen molar-refractivity contribution in [3.63, 3.8) is 0 Å². The Morgan fingerprint density at radius 1 is 1.23 bits per heavy atom. The number of morpholine rings is 1. The highest BCUT2D eigenvalue weighted by Gasteiger charge is 2.39. The number of hydrogen-bond donors (Lipinski definition) is 0. The van der Waals surface area contributed by atoms with Gasteiger partial charge >= 0.3 is 0 Å². The van der Waals surface area contributed by atoms with E-state index in [0.29, 0.717) is 24.8 Å². The Hall–Kier alpha value is -1.88. The normalized spacial score (nSPS) is 24.1. The molecule has 4 rings (SSSR count). The number of ether oxygens (including phenoxy) is 1. The predicted octanol–water partition coefficient (Wildman–Crippen LogP) is 4.02. The van der Waals surface area contributed by atoms with E-state index >= 15 is 0 Å². The molecule has 2 aromatic heterocycles. The van der Waals surface area contributed by atoms with Crippen LogP contribution in [-0.4, -0.2) is 45.0 Å². The van der Waals surface area contributed by atoms with Gasteiger partial charge in [0.1, 0.15) is 5.82 Å². The lowest BCUT2D eigenvalue weighted by Crippen LogP contribution is -2.57. The van der Waals surface area contributed by atoms with Crippen LogP contribution in [0.1, 0.15) is 75.1 Å². The third-order valence-corrected chi connectivity index (χ3v) is 5.89. The molecule has 1 saturated heterocycles. The van der Waals surface area contributed by atoms with Crippen molar-refractivity contribution in [2.45, 2.75) is 70.4 Å². The van der Waals surface area contributed by atoms with E-state index < -0.39 is 0 Å². The standard InChI is InChI=1S/C21H29N3O2/c1-15-13-24(21(2,3)14-26-15)20(25)18-17-11-7-8-12-23(17)19(22-18)16-9-5-4-6-10-16/h7-8,11-12,15-16H,4-6,9-10,13-14H2,1-3H3. The first-order chi connectivity index (χ1) is 12.5. The molecule has 3 heterocycles. The van der Waals surface area contributed by atoms with Crippen LogP contribution in [0.15, 0.2) is 24.4 Å². The fourth-order valence-electron chi connectivity index (χ4n) is 4.33. The first-order valence-electron chi connectivity index (χ1n) is 9.88. The first-order valence-corrected chi connectivity index (χ1v) is 9.88. The highest BCUT2D eigenvalue weighted by atomic mass is 16.5. The molecule has 2 fully saturated rings. The monoisotopic (exact) mass is 355 g/mol. The third-order valence-electron chi connectivity index (χ3n) is 5.89. The fraction of sp³-hybridized carbons (Fsp3) is 0.619. The molecule has 0 aromatic carbocycles. The minimum absolute atomic E-state index is 0.0240. The number of hydrogen-bond acceptors (Lipinski definition) is 3. The second kappa shape index (κ2) is 6.69. The van der Waals surface area contributed by atoms with E-state index in [1.54, 1.807) is 0 Å². The van der Waals surface area contributed by atoms with E-state index in [1.807, 2.05) is 30.0 Å². The van der Waals surface area contributed by atoms with Crippen LogP contribution in [-0.2, 0) is 4.74 Å². The van der Waals surface area contributed by atoms with Crippen molar-refractivity contribution in [1.82, 2.24) is 14.3 Å². The molecule has 5 nitrogen and oxygen atoms in total. The molecule has 1 unspecified atom stereocenters. The Kier molecular flexibility index (Phi) is 4.51. The lowest BCUT2D eigenvalue weighted by molar-refractivity contribution is -0.0756. The van der Waals surface area contributed by atoms with Gasteiger partial charge in [0.2, 0.25) is 0 Å². The molecule has 0 N–H and O–H groups in total. The van der Waals surface area contributed by atoms with Gasteiger partial charge in [-0.15, -0.1) is 0 Å². The van der Waals surface area contributed by atoms with Gasteiger partial charge in [-0.25, -0.2) is 4.98 Å². The summed E-state index contributed by atoms with van der Waals surface area (Å²) in [5, 5.41) is 0. The predicted molar refractivity (Wildman–Crippen MR) is 102 cm³/mol. The molecule has 0 bridgehead atoms. The average molecular weight is 355 g/mol. The summed E-state index contributed by atoms with van der Waals surface area (Å²) in [5.41, 5.74) is 1.20. The number of amides is 1. The number of imidazole rings is 1. The van der Waals surface area contributed by atoms with Crippen LogP contribution in [0.4, 0.5) is 0 Å². The molecule has 1 aliphatic heterocycles. The van der Waals surface area contributed by atoms with Crippen molar-refractivity contribution >= 4 is 11.4 Å². The van der Waals surface area contributed by atoms with E-state index in [-0.39, 0.29) is 17.6 Å². The summed E-state index contributed by atoms with van der Waals surface area (Å²) < 4.78 is 7.92. The molecule has 140 valence electrons. The molecule has 0 spiro atoms. The van der Waals surface area contributed by atoms with Crippen molar-refractivity contribution in [3.8, 4) is 0 Å². The van der Waals surface area contributed by atoms with Gasteiger partial charge in [0.25, 0.3) is 5.91 Å². The van der Waals surface area contributed by atoms with Gasteiger partial charge in [-0.05, 0) is 45.7 Å². The van der Waals surface area contributed by atoms with Crippen molar-refractivity contribution < 1.29 is 9.53 Å². The molecule has 1 aliphatic carbocycles. The van der Waals surface area contributed by atoms with Gasteiger partial charge in [0.05, 0.1) is 23.8 Å². The Bertz CT molecular complexity index is 805. The minimum atomic E-state index is -0.320. The van der Waals surface area contributed by atoms with Crippen molar-refractivity contribution in [3.05, 3.63) is 35.9 Å². The maximum atomic E-state index is 13.5. The largest absolute Gasteiger partial charge is 0.374 e. The number of aromatic nitrogens is 2. The van der Waals surface area contributed by atoms with Gasteiger partial charge in [0.15, 0.2) is 5.69 Å². The summed E-state index contributed by atoms with van der Waals surface area (Å²) in [6.45, 7) is 7.32. The first kappa shape index (κ1) is 17.5. The SMILES string of the molecule is CC1CN(C(=O)c2nc(C3CCCCC3)n3ccccc23)C(C)(C)CO1. The molecule has 2 aromatic rings. The Balaban J connectivity index is 1.75. The Labute approximate surface area is 155 Å². The van der Waals surface area contributed by atoms with Crippen molar-refractivity contribution in [2.75, 3.05) is 13.2 Å². The molecule has 1 atom stereocenters. The summed E-state index contributed by atoms with van der Waals surface area (Å²) in [6, 6.07) is 6.03. The number of rotatable bonds is 2. The van der Waals surface area contributed by atoms with E-state index in [1.165, 1.54) is 32.1 Å². The van der Waals surface area contributed by atoms with Gasteiger partial charge in [-0.2, -0.15) is 0 Å². The number of carbonyl (C=O) groups excluding carboxylic acids is 1. The third kappa shape index (κ3) is 3.02. The van der Waals surface area contributed by atoms with Gasteiger partial charge < -0.3 is 14.0 Å². The quantitative estimate of drug-likeness (QED) is 0.817. The highest BCUT2D eigenvalue weighted by Crippen LogP contribution is 2.34. The maximum absolute atomic E-state index is 13.5. The zero-order valence-corrected chi connectivity index (χ0v) is 16.1. The zero-order chi connectivity index (χ0) is 18.3. The second-order valence-corrected chi connectivity index (χ2v) is 8.46. The fourth-order valence-corrected chi connectivity index (χ4v) is 4.33. The van der Waals surface area contributed by atoms with Crippen LogP contribution in [0.5, 0.6) is 0 Å².